The van der Waals surface area contributed by atoms with Crippen molar-refractivity contribution in [2.45, 2.75) is 27.1 Å². The molecule has 11 heteroatoms. The molecule has 2 heterocycles. The van der Waals surface area contributed by atoms with Gasteiger partial charge in [-0.3, -0.25) is 4.57 Å². The normalized spacial score (nSPS) is 11.7. The fraction of sp³-hybridized carbons (Fsp3) is 0.0833. The molecule has 0 aliphatic heterocycles. The second kappa shape index (κ2) is 9.25. The number of fused-ring (bicyclic) bond motifs is 1. The maximum atomic E-state index is 13.1. The molecule has 0 atom stereocenters. The summed E-state index contributed by atoms with van der Waals surface area (Å²) >= 11 is 2.59. The summed E-state index contributed by atoms with van der Waals surface area (Å²) in [6, 6.07) is 20.8. The van der Waals surface area contributed by atoms with Crippen LogP contribution in [0.3, 0.4) is 0 Å². The molecule has 2 aromatic heterocycles. The molecule has 8 nitrogen and oxygen atoms in total. The van der Waals surface area contributed by atoms with E-state index in [1.54, 1.807) is 41.0 Å². The molecule has 35 heavy (non-hydrogen) atoms. The molecule has 0 saturated heterocycles. The summed E-state index contributed by atoms with van der Waals surface area (Å²) in [5.74, 6) is -1.04. The lowest BCUT2D eigenvalue weighted by Gasteiger charge is -2.10. The SMILES string of the molecule is Cc1ccc(S(=O)(=O)Cc2nnc(Sc3nc4ccc(C(=O)O)cc4s3)n2-c2ccccc2)cc1. The lowest BCUT2D eigenvalue weighted by Crippen LogP contribution is -2.11. The number of sulfone groups is 1. The third-order valence-corrected chi connectivity index (χ3v) is 8.86. The molecule has 1 N–H and O–H groups in total. The van der Waals surface area contributed by atoms with Crippen molar-refractivity contribution in [1.29, 1.82) is 0 Å². The van der Waals surface area contributed by atoms with Crippen molar-refractivity contribution >= 4 is 49.1 Å². The summed E-state index contributed by atoms with van der Waals surface area (Å²) in [5.41, 5.74) is 2.56. The van der Waals surface area contributed by atoms with Crippen LogP contribution in [0.1, 0.15) is 21.7 Å². The van der Waals surface area contributed by atoms with Gasteiger partial charge in [-0.05, 0) is 61.2 Å². The monoisotopic (exact) mass is 522 g/mol. The van der Waals surface area contributed by atoms with Gasteiger partial charge in [0.15, 0.2) is 20.0 Å². The summed E-state index contributed by atoms with van der Waals surface area (Å²) < 4.78 is 29.3. The molecule has 176 valence electrons. The Hall–Kier alpha value is -3.54. The highest BCUT2D eigenvalue weighted by atomic mass is 32.2. The fourth-order valence-corrected chi connectivity index (χ4v) is 6.78. The molecule has 3 aromatic carbocycles. The Morgan fingerprint density at radius 1 is 1.03 bits per heavy atom. The third kappa shape index (κ3) is 4.83. The lowest BCUT2D eigenvalue weighted by atomic mass is 10.2. The summed E-state index contributed by atoms with van der Waals surface area (Å²) in [7, 11) is -3.65. The Balaban J connectivity index is 1.53. The van der Waals surface area contributed by atoms with Gasteiger partial charge in [0.25, 0.3) is 0 Å². The minimum Gasteiger partial charge on any atom is -0.478 e. The lowest BCUT2D eigenvalue weighted by molar-refractivity contribution is 0.0697. The van der Waals surface area contributed by atoms with E-state index in [1.165, 1.54) is 29.2 Å². The third-order valence-electron chi connectivity index (χ3n) is 5.21. The number of carboxylic acid groups (broad SMARTS) is 1. The molecule has 0 unspecified atom stereocenters. The number of carboxylic acids is 1. The fourth-order valence-electron chi connectivity index (χ4n) is 3.45. The van der Waals surface area contributed by atoms with Crippen molar-refractivity contribution in [2.75, 3.05) is 0 Å². The molecule has 0 fully saturated rings. The average Bonchev–Trinajstić information content (AvgIpc) is 3.42. The van der Waals surface area contributed by atoms with Gasteiger partial charge in [-0.2, -0.15) is 0 Å². The van der Waals surface area contributed by atoms with E-state index < -0.39 is 15.8 Å². The first-order valence-electron chi connectivity index (χ1n) is 10.4. The van der Waals surface area contributed by atoms with E-state index in [9.17, 15) is 18.3 Å². The quantitative estimate of drug-likeness (QED) is 0.317. The standard InChI is InChI=1S/C24H18N4O4S3/c1-15-7-10-18(11-8-15)35(31,32)14-21-26-27-23(28(21)17-5-3-2-4-6-17)34-24-25-19-12-9-16(22(29)30)13-20(19)33-24/h2-13H,14H2,1H3,(H,29,30). The summed E-state index contributed by atoms with van der Waals surface area (Å²) in [6.07, 6.45) is 0. The summed E-state index contributed by atoms with van der Waals surface area (Å²) in [6.45, 7) is 1.90. The Bertz CT molecular complexity index is 1640. The van der Waals surface area contributed by atoms with Crippen molar-refractivity contribution in [3.63, 3.8) is 0 Å². The van der Waals surface area contributed by atoms with Crippen molar-refractivity contribution in [3.8, 4) is 5.69 Å². The molecule has 0 amide bonds. The van der Waals surface area contributed by atoms with E-state index in [-0.39, 0.29) is 22.0 Å². The molecule has 5 rings (SSSR count). The maximum absolute atomic E-state index is 13.1. The van der Waals surface area contributed by atoms with Crippen LogP contribution in [-0.2, 0) is 15.6 Å². The number of thiazole rings is 1. The van der Waals surface area contributed by atoms with Gasteiger partial charge in [-0.25, -0.2) is 18.2 Å². The van der Waals surface area contributed by atoms with Crippen LogP contribution in [0.15, 0.2) is 87.2 Å². The van der Waals surface area contributed by atoms with Crippen molar-refractivity contribution in [1.82, 2.24) is 19.7 Å². The molecule has 0 spiro atoms. The highest BCUT2D eigenvalue weighted by Gasteiger charge is 2.23. The van der Waals surface area contributed by atoms with Gasteiger partial charge in [0.1, 0.15) is 5.75 Å². The zero-order chi connectivity index (χ0) is 24.6. The van der Waals surface area contributed by atoms with Crippen LogP contribution in [0, 0.1) is 6.92 Å². The van der Waals surface area contributed by atoms with E-state index >= 15 is 0 Å². The molecule has 0 saturated carbocycles. The smallest absolute Gasteiger partial charge is 0.335 e. The number of aromatic nitrogens is 4. The maximum Gasteiger partial charge on any atom is 0.335 e. The van der Waals surface area contributed by atoms with Gasteiger partial charge in [0, 0.05) is 5.69 Å². The minimum absolute atomic E-state index is 0.189. The van der Waals surface area contributed by atoms with Crippen molar-refractivity contribution < 1.29 is 18.3 Å². The van der Waals surface area contributed by atoms with Crippen LogP contribution in [0.2, 0.25) is 0 Å². The number of hydrogen-bond acceptors (Lipinski definition) is 8. The number of aryl methyl sites for hydroxylation is 1. The highest BCUT2D eigenvalue weighted by Crippen LogP contribution is 2.35. The van der Waals surface area contributed by atoms with Crippen LogP contribution in [0.4, 0.5) is 0 Å². The predicted octanol–water partition coefficient (Wildman–Crippen LogP) is 5.01. The first-order valence-corrected chi connectivity index (χ1v) is 13.7. The summed E-state index contributed by atoms with van der Waals surface area (Å²) in [5, 5.41) is 18.2. The minimum atomic E-state index is -3.65. The highest BCUT2D eigenvalue weighted by molar-refractivity contribution is 8.01. The van der Waals surface area contributed by atoms with Gasteiger partial charge in [0.2, 0.25) is 5.16 Å². The Labute approximate surface area is 209 Å². The van der Waals surface area contributed by atoms with Gasteiger partial charge < -0.3 is 5.11 Å². The van der Waals surface area contributed by atoms with Gasteiger partial charge >= 0.3 is 5.97 Å². The summed E-state index contributed by atoms with van der Waals surface area (Å²) in [4.78, 5) is 16.1. The molecule has 0 aliphatic rings. The second-order valence-electron chi connectivity index (χ2n) is 7.71. The number of aromatic carboxylic acids is 1. The van der Waals surface area contributed by atoms with Gasteiger partial charge in [-0.1, -0.05) is 35.9 Å². The van der Waals surface area contributed by atoms with E-state index in [2.05, 4.69) is 15.2 Å². The van der Waals surface area contributed by atoms with E-state index in [1.807, 2.05) is 37.3 Å². The first-order chi connectivity index (χ1) is 16.8. The number of hydrogen-bond donors (Lipinski definition) is 1. The number of para-hydroxylation sites is 1. The zero-order valence-corrected chi connectivity index (χ0v) is 20.8. The second-order valence-corrected chi connectivity index (χ2v) is 11.9. The molecule has 0 aliphatic carbocycles. The number of rotatable bonds is 7. The van der Waals surface area contributed by atoms with E-state index in [4.69, 9.17) is 0 Å². The Kier molecular flexibility index (Phi) is 6.13. The largest absolute Gasteiger partial charge is 0.478 e. The first kappa shape index (κ1) is 23.2. The van der Waals surface area contributed by atoms with Crippen LogP contribution in [-0.4, -0.2) is 39.2 Å². The van der Waals surface area contributed by atoms with E-state index in [0.29, 0.717) is 15.0 Å². The molecule has 0 radical (unpaired) electrons. The molecule has 5 aromatic rings. The predicted molar refractivity (Wildman–Crippen MR) is 134 cm³/mol. The van der Waals surface area contributed by atoms with Gasteiger partial charge in [-0.15, -0.1) is 21.5 Å². The zero-order valence-electron chi connectivity index (χ0n) is 18.3. The molecular formula is C24H18N4O4S3. The van der Waals surface area contributed by atoms with Crippen LogP contribution >= 0.6 is 23.1 Å². The Morgan fingerprint density at radius 3 is 2.49 bits per heavy atom. The van der Waals surface area contributed by atoms with Crippen LogP contribution < -0.4 is 0 Å². The average molecular weight is 523 g/mol. The van der Waals surface area contributed by atoms with Gasteiger partial charge in [0.05, 0.1) is 20.7 Å². The topological polar surface area (TPSA) is 115 Å². The molecular weight excluding hydrogens is 504 g/mol. The Morgan fingerprint density at radius 2 is 1.77 bits per heavy atom. The van der Waals surface area contributed by atoms with Crippen molar-refractivity contribution in [2.24, 2.45) is 0 Å². The van der Waals surface area contributed by atoms with Crippen LogP contribution in [0.5, 0.6) is 0 Å². The van der Waals surface area contributed by atoms with E-state index in [0.717, 1.165) is 16.0 Å². The number of carbonyl (C=O) groups is 1. The van der Waals surface area contributed by atoms with Crippen LogP contribution in [0.25, 0.3) is 15.9 Å². The molecule has 0 bridgehead atoms. The number of nitrogens with zero attached hydrogens (tertiary/aromatic N) is 4. The number of benzene rings is 3. The van der Waals surface area contributed by atoms with Crippen molar-refractivity contribution in [3.05, 3.63) is 89.7 Å².